The van der Waals surface area contributed by atoms with Gasteiger partial charge in [0.15, 0.2) is 0 Å². The molecule has 0 aliphatic rings. The number of nitrogens with zero attached hydrogens (tertiary/aromatic N) is 1. The summed E-state index contributed by atoms with van der Waals surface area (Å²) in [4.78, 5) is 17.0. The van der Waals surface area contributed by atoms with Crippen molar-refractivity contribution in [3.8, 4) is 0 Å². The molecule has 1 heterocycles. The van der Waals surface area contributed by atoms with Gasteiger partial charge in [-0.3, -0.25) is 9.78 Å². The van der Waals surface area contributed by atoms with Crippen molar-refractivity contribution in [2.45, 2.75) is 31.1 Å². The maximum Gasteiger partial charge on any atom is 0.253 e. The summed E-state index contributed by atoms with van der Waals surface area (Å²) in [6.07, 6.45) is 2.60. The normalized spacial score (nSPS) is 14.1. The highest BCUT2D eigenvalue weighted by Crippen LogP contribution is 2.16. The fourth-order valence-corrected chi connectivity index (χ4v) is 2.70. The Morgan fingerprint density at radius 3 is 2.79 bits per heavy atom. The van der Waals surface area contributed by atoms with Crippen LogP contribution in [0, 0.1) is 0 Å². The molecule has 0 radical (unpaired) electrons. The van der Waals surface area contributed by atoms with Crippen LogP contribution in [0.3, 0.4) is 0 Å². The van der Waals surface area contributed by atoms with E-state index in [-0.39, 0.29) is 11.9 Å². The minimum absolute atomic E-state index is 0.0649. The van der Waals surface area contributed by atoms with Crippen LogP contribution in [0.15, 0.2) is 36.5 Å². The Morgan fingerprint density at radius 2 is 2.05 bits per heavy atom. The van der Waals surface area contributed by atoms with E-state index in [2.05, 4.69) is 33.2 Å². The van der Waals surface area contributed by atoms with Gasteiger partial charge in [-0.1, -0.05) is 41.1 Å². The second kappa shape index (κ2) is 6.15. The molecule has 2 rings (SSSR count). The molecule has 0 bridgehead atoms. The van der Waals surface area contributed by atoms with E-state index in [0.717, 1.165) is 17.3 Å². The third-order valence-electron chi connectivity index (χ3n) is 2.93. The van der Waals surface area contributed by atoms with E-state index in [0.29, 0.717) is 10.4 Å². The lowest BCUT2D eigenvalue weighted by Gasteiger charge is -2.15. The molecule has 1 N–H and O–H groups in total. The van der Waals surface area contributed by atoms with Crippen LogP contribution in [0.4, 0.5) is 0 Å². The Kier molecular flexibility index (Phi) is 4.53. The zero-order chi connectivity index (χ0) is 13.8. The summed E-state index contributed by atoms with van der Waals surface area (Å²) >= 11 is 3.50. The van der Waals surface area contributed by atoms with Crippen LogP contribution in [0.1, 0.15) is 30.6 Å². The van der Waals surface area contributed by atoms with Gasteiger partial charge in [0, 0.05) is 22.5 Å². The number of carbonyl (C=O) groups excluding carboxylic acids is 1. The molecule has 0 aliphatic heterocycles. The fraction of sp³-hybridized carbons (Fsp3) is 0.333. The molecule has 0 aliphatic carbocycles. The molecule has 0 fully saturated rings. The minimum atomic E-state index is -0.0649. The Morgan fingerprint density at radius 1 is 1.32 bits per heavy atom. The molecule has 2 unspecified atom stereocenters. The molecule has 1 aromatic carbocycles. The highest BCUT2D eigenvalue weighted by Gasteiger charge is 2.14. The zero-order valence-electron chi connectivity index (χ0n) is 11.1. The van der Waals surface area contributed by atoms with Gasteiger partial charge in [-0.15, -0.1) is 0 Å². The Labute approximate surface area is 121 Å². The predicted octanol–water partition coefficient (Wildman–Crippen LogP) is 3.53. The van der Waals surface area contributed by atoms with Gasteiger partial charge in [-0.25, -0.2) is 0 Å². The van der Waals surface area contributed by atoms with Crippen LogP contribution >= 0.6 is 15.9 Å². The second-order valence-electron chi connectivity index (χ2n) is 4.77. The van der Waals surface area contributed by atoms with Gasteiger partial charge in [-0.2, -0.15) is 0 Å². The molecule has 4 heteroatoms. The number of nitrogens with one attached hydrogen (secondary N) is 1. The van der Waals surface area contributed by atoms with Gasteiger partial charge >= 0.3 is 0 Å². The largest absolute Gasteiger partial charge is 0.349 e. The number of aromatic nitrogens is 1. The van der Waals surface area contributed by atoms with Crippen molar-refractivity contribution in [1.82, 2.24) is 10.3 Å². The molecule has 0 saturated heterocycles. The lowest BCUT2D eigenvalue weighted by atomic mass is 10.1. The molecule has 1 aromatic heterocycles. The monoisotopic (exact) mass is 320 g/mol. The average molecular weight is 321 g/mol. The van der Waals surface area contributed by atoms with E-state index < -0.39 is 0 Å². The summed E-state index contributed by atoms with van der Waals surface area (Å²) in [5, 5.41) is 3.99. The van der Waals surface area contributed by atoms with Gasteiger partial charge < -0.3 is 5.32 Å². The van der Waals surface area contributed by atoms with E-state index in [1.54, 1.807) is 6.20 Å². The smallest absolute Gasteiger partial charge is 0.253 e. The van der Waals surface area contributed by atoms with E-state index in [9.17, 15) is 4.79 Å². The number of pyridine rings is 1. The first-order valence-electron chi connectivity index (χ1n) is 6.36. The molecule has 1 amide bonds. The number of hydrogen-bond acceptors (Lipinski definition) is 2. The highest BCUT2D eigenvalue weighted by atomic mass is 79.9. The molecule has 0 spiro atoms. The van der Waals surface area contributed by atoms with Gasteiger partial charge in [0.05, 0.1) is 11.1 Å². The number of amides is 1. The number of halogens is 1. The number of rotatable bonds is 4. The lowest BCUT2D eigenvalue weighted by molar-refractivity contribution is 0.0940. The third-order valence-corrected chi connectivity index (χ3v) is 3.31. The zero-order valence-corrected chi connectivity index (χ0v) is 12.6. The van der Waals surface area contributed by atoms with Crippen LogP contribution in [-0.4, -0.2) is 21.8 Å². The van der Waals surface area contributed by atoms with Gasteiger partial charge in [0.1, 0.15) is 0 Å². The first-order valence-corrected chi connectivity index (χ1v) is 7.28. The maximum atomic E-state index is 12.3. The summed E-state index contributed by atoms with van der Waals surface area (Å²) in [5.41, 5.74) is 1.38. The lowest BCUT2D eigenvalue weighted by Crippen LogP contribution is -2.34. The molecular formula is C15H17BrN2O. The number of benzene rings is 1. The topological polar surface area (TPSA) is 42.0 Å². The van der Waals surface area contributed by atoms with Crippen molar-refractivity contribution < 1.29 is 4.79 Å². The third kappa shape index (κ3) is 3.53. The molecule has 100 valence electrons. The van der Waals surface area contributed by atoms with Crippen molar-refractivity contribution >= 4 is 32.7 Å². The van der Waals surface area contributed by atoms with Crippen LogP contribution < -0.4 is 5.32 Å². The number of alkyl halides is 1. The number of para-hydroxylation sites is 1. The Balaban J connectivity index is 2.22. The second-order valence-corrected chi connectivity index (χ2v) is 6.33. The van der Waals surface area contributed by atoms with Crippen molar-refractivity contribution in [3.05, 3.63) is 42.1 Å². The van der Waals surface area contributed by atoms with Gasteiger partial charge in [-0.05, 0) is 25.5 Å². The van der Waals surface area contributed by atoms with Crippen molar-refractivity contribution in [2.24, 2.45) is 0 Å². The summed E-state index contributed by atoms with van der Waals surface area (Å²) in [5.74, 6) is -0.0649. The van der Waals surface area contributed by atoms with Crippen LogP contribution in [0.25, 0.3) is 10.9 Å². The molecule has 3 nitrogen and oxygen atoms in total. The first-order chi connectivity index (χ1) is 9.08. The van der Waals surface area contributed by atoms with Crippen LogP contribution in [0.2, 0.25) is 0 Å². The van der Waals surface area contributed by atoms with E-state index in [1.165, 1.54) is 0 Å². The fourth-order valence-electron chi connectivity index (χ4n) is 2.14. The molecule has 0 saturated carbocycles. The molecule has 2 atom stereocenters. The Bertz CT molecular complexity index is 578. The molecule has 19 heavy (non-hydrogen) atoms. The van der Waals surface area contributed by atoms with Crippen molar-refractivity contribution in [1.29, 1.82) is 0 Å². The number of fused-ring (bicyclic) bond motifs is 1. The SMILES string of the molecule is CC(Br)CC(C)NC(=O)c1cccc2cccnc12. The average Bonchev–Trinajstić information content (AvgIpc) is 2.36. The summed E-state index contributed by atoms with van der Waals surface area (Å²) in [6, 6.07) is 9.62. The van der Waals surface area contributed by atoms with Gasteiger partial charge in [0.25, 0.3) is 5.91 Å². The standard InChI is InChI=1S/C15H17BrN2O/c1-10(16)9-11(2)18-15(19)13-7-3-5-12-6-4-8-17-14(12)13/h3-8,10-11H,9H2,1-2H3,(H,18,19). The van der Waals surface area contributed by atoms with Crippen molar-refractivity contribution in [3.63, 3.8) is 0 Å². The summed E-state index contributed by atoms with van der Waals surface area (Å²) < 4.78 is 0. The minimum Gasteiger partial charge on any atom is -0.349 e. The number of carbonyl (C=O) groups is 1. The molecule has 2 aromatic rings. The van der Waals surface area contributed by atoms with Gasteiger partial charge in [0.2, 0.25) is 0 Å². The quantitative estimate of drug-likeness (QED) is 0.876. The first kappa shape index (κ1) is 14.0. The highest BCUT2D eigenvalue weighted by molar-refractivity contribution is 9.09. The van der Waals surface area contributed by atoms with Crippen LogP contribution in [0.5, 0.6) is 0 Å². The molecular weight excluding hydrogens is 304 g/mol. The van der Waals surface area contributed by atoms with E-state index in [1.807, 2.05) is 37.3 Å². The van der Waals surface area contributed by atoms with E-state index >= 15 is 0 Å². The number of hydrogen-bond donors (Lipinski definition) is 1. The Hall–Kier alpha value is -1.42. The summed E-state index contributed by atoms with van der Waals surface area (Å²) in [6.45, 7) is 4.08. The van der Waals surface area contributed by atoms with E-state index in [4.69, 9.17) is 0 Å². The summed E-state index contributed by atoms with van der Waals surface area (Å²) in [7, 11) is 0. The predicted molar refractivity (Wildman–Crippen MR) is 81.7 cm³/mol. The van der Waals surface area contributed by atoms with Crippen LogP contribution in [-0.2, 0) is 0 Å². The van der Waals surface area contributed by atoms with Crippen molar-refractivity contribution in [2.75, 3.05) is 0 Å². The maximum absolute atomic E-state index is 12.3.